The molecule has 0 unspecified atom stereocenters. The summed E-state index contributed by atoms with van der Waals surface area (Å²) in [6.45, 7) is 5.35. The van der Waals surface area contributed by atoms with Gasteiger partial charge in [-0.15, -0.1) is 0 Å². The zero-order valence-electron chi connectivity index (χ0n) is 9.49. The van der Waals surface area contributed by atoms with Crippen LogP contribution in [0.4, 0.5) is 5.69 Å². The van der Waals surface area contributed by atoms with Crippen LogP contribution >= 0.6 is 39.1 Å². The van der Waals surface area contributed by atoms with Gasteiger partial charge in [0.2, 0.25) is 0 Å². The minimum absolute atomic E-state index is 0.656. The van der Waals surface area contributed by atoms with Crippen molar-refractivity contribution in [3.8, 4) is 0 Å². The van der Waals surface area contributed by atoms with Crippen LogP contribution < -0.4 is 5.32 Å². The second kappa shape index (κ2) is 6.73. The highest BCUT2D eigenvalue weighted by molar-refractivity contribution is 9.10. The minimum Gasteiger partial charge on any atom is -0.383 e. The number of halogens is 3. The molecule has 1 N–H and O–H groups in total. The first-order valence-electron chi connectivity index (χ1n) is 5.39. The molecule has 1 aromatic carbocycles. The zero-order chi connectivity index (χ0) is 12.1. The van der Waals surface area contributed by atoms with Gasteiger partial charge in [-0.1, -0.05) is 53.0 Å². The summed E-state index contributed by atoms with van der Waals surface area (Å²) in [6, 6.07) is 3.69. The lowest BCUT2D eigenvalue weighted by molar-refractivity contribution is 0.567. The lowest BCUT2D eigenvalue weighted by atomic mass is 10.1. The predicted octanol–water partition coefficient (Wildman–Crippen LogP) is 5.60. The van der Waals surface area contributed by atoms with Crippen LogP contribution in [0.15, 0.2) is 16.6 Å². The number of hydrogen-bond donors (Lipinski definition) is 1. The van der Waals surface area contributed by atoms with Gasteiger partial charge in [-0.3, -0.25) is 0 Å². The van der Waals surface area contributed by atoms with Crippen LogP contribution in [0.25, 0.3) is 0 Å². The molecule has 0 bridgehead atoms. The molecular formula is C12H16BrCl2N. The van der Waals surface area contributed by atoms with Crippen LogP contribution in [0.1, 0.15) is 26.7 Å². The van der Waals surface area contributed by atoms with Crippen molar-refractivity contribution in [2.24, 2.45) is 5.92 Å². The molecule has 0 aliphatic carbocycles. The van der Waals surface area contributed by atoms with E-state index < -0.39 is 0 Å². The van der Waals surface area contributed by atoms with Gasteiger partial charge in [0, 0.05) is 11.0 Å². The molecule has 0 aromatic heterocycles. The quantitative estimate of drug-likeness (QED) is 0.695. The van der Waals surface area contributed by atoms with Gasteiger partial charge < -0.3 is 5.32 Å². The van der Waals surface area contributed by atoms with E-state index in [0.717, 1.165) is 29.0 Å². The fraction of sp³-hybridized carbons (Fsp3) is 0.500. The minimum atomic E-state index is 0.656. The number of hydrogen-bond acceptors (Lipinski definition) is 1. The Labute approximate surface area is 116 Å². The van der Waals surface area contributed by atoms with Crippen molar-refractivity contribution in [3.63, 3.8) is 0 Å². The summed E-state index contributed by atoms with van der Waals surface area (Å²) in [5.41, 5.74) is 0.829. The van der Waals surface area contributed by atoms with E-state index in [1.54, 1.807) is 0 Å². The largest absolute Gasteiger partial charge is 0.383 e. The first kappa shape index (κ1) is 14.1. The summed E-state index contributed by atoms with van der Waals surface area (Å²) >= 11 is 15.5. The summed E-state index contributed by atoms with van der Waals surface area (Å²) in [7, 11) is 0. The van der Waals surface area contributed by atoms with Crippen molar-refractivity contribution in [2.45, 2.75) is 26.7 Å². The molecule has 1 aromatic rings. The summed E-state index contributed by atoms with van der Waals surface area (Å²) < 4.78 is 0.898. The Bertz CT molecular complexity index is 330. The highest BCUT2D eigenvalue weighted by atomic mass is 79.9. The maximum absolute atomic E-state index is 6.10. The molecule has 0 heterocycles. The summed E-state index contributed by atoms with van der Waals surface area (Å²) in [4.78, 5) is 0. The van der Waals surface area contributed by atoms with Gasteiger partial charge in [-0.2, -0.15) is 0 Å². The van der Waals surface area contributed by atoms with Gasteiger partial charge in [-0.05, 0) is 30.9 Å². The Morgan fingerprint density at radius 2 is 1.81 bits per heavy atom. The lowest BCUT2D eigenvalue weighted by Crippen LogP contribution is -2.04. The second-order valence-electron chi connectivity index (χ2n) is 4.21. The van der Waals surface area contributed by atoms with E-state index in [9.17, 15) is 0 Å². The number of anilines is 1. The van der Waals surface area contributed by atoms with Crippen molar-refractivity contribution in [1.82, 2.24) is 0 Å². The molecule has 0 fully saturated rings. The van der Waals surface area contributed by atoms with E-state index in [1.807, 2.05) is 12.1 Å². The number of nitrogens with one attached hydrogen (secondary N) is 1. The first-order valence-corrected chi connectivity index (χ1v) is 6.94. The molecule has 90 valence electrons. The van der Waals surface area contributed by atoms with Crippen molar-refractivity contribution in [2.75, 3.05) is 11.9 Å². The molecule has 16 heavy (non-hydrogen) atoms. The third-order valence-electron chi connectivity index (χ3n) is 2.27. The average molecular weight is 325 g/mol. The molecule has 1 nitrogen and oxygen atoms in total. The number of rotatable bonds is 5. The molecule has 0 radical (unpaired) electrons. The summed E-state index contributed by atoms with van der Waals surface area (Å²) in [6.07, 6.45) is 2.33. The Kier molecular flexibility index (Phi) is 5.95. The molecule has 1 rings (SSSR count). The Morgan fingerprint density at radius 3 is 2.31 bits per heavy atom. The van der Waals surface area contributed by atoms with E-state index in [4.69, 9.17) is 23.2 Å². The van der Waals surface area contributed by atoms with Crippen LogP contribution in [-0.4, -0.2) is 6.54 Å². The monoisotopic (exact) mass is 323 g/mol. The van der Waals surface area contributed by atoms with Gasteiger partial charge in [0.05, 0.1) is 15.7 Å². The molecule has 0 aliphatic heterocycles. The Hall–Kier alpha value is 0.0800. The fourth-order valence-electron chi connectivity index (χ4n) is 1.43. The first-order chi connectivity index (χ1) is 7.50. The third kappa shape index (κ3) is 4.52. The van der Waals surface area contributed by atoms with E-state index in [0.29, 0.717) is 10.0 Å². The SMILES string of the molecule is CC(C)CCCNc1c(Cl)cc(Br)cc1Cl. The van der Waals surface area contributed by atoms with Crippen LogP contribution in [0.5, 0.6) is 0 Å². The maximum Gasteiger partial charge on any atom is 0.0719 e. The topological polar surface area (TPSA) is 12.0 Å². The van der Waals surface area contributed by atoms with Crippen LogP contribution in [0.2, 0.25) is 10.0 Å². The van der Waals surface area contributed by atoms with Crippen LogP contribution in [-0.2, 0) is 0 Å². The van der Waals surface area contributed by atoms with Crippen molar-refractivity contribution in [1.29, 1.82) is 0 Å². The van der Waals surface area contributed by atoms with Crippen LogP contribution in [0.3, 0.4) is 0 Å². The van der Waals surface area contributed by atoms with Gasteiger partial charge >= 0.3 is 0 Å². The zero-order valence-corrected chi connectivity index (χ0v) is 12.6. The molecule has 0 spiro atoms. The maximum atomic E-state index is 6.10. The van der Waals surface area contributed by atoms with Gasteiger partial charge in [0.25, 0.3) is 0 Å². The van der Waals surface area contributed by atoms with Gasteiger partial charge in [0.1, 0.15) is 0 Å². The highest BCUT2D eigenvalue weighted by Crippen LogP contribution is 2.33. The Morgan fingerprint density at radius 1 is 1.25 bits per heavy atom. The average Bonchev–Trinajstić information content (AvgIpc) is 2.14. The normalized spacial score (nSPS) is 10.9. The lowest BCUT2D eigenvalue weighted by Gasteiger charge is -2.11. The molecule has 0 saturated heterocycles. The van der Waals surface area contributed by atoms with E-state index in [2.05, 4.69) is 35.1 Å². The van der Waals surface area contributed by atoms with E-state index in [1.165, 1.54) is 6.42 Å². The van der Waals surface area contributed by atoms with Crippen molar-refractivity contribution in [3.05, 3.63) is 26.7 Å². The van der Waals surface area contributed by atoms with E-state index >= 15 is 0 Å². The fourth-order valence-corrected chi connectivity index (χ4v) is 2.78. The standard InChI is InChI=1S/C12H16BrCl2N/c1-8(2)4-3-5-16-12-10(14)6-9(13)7-11(12)15/h6-8,16H,3-5H2,1-2H3. The van der Waals surface area contributed by atoms with Crippen molar-refractivity contribution < 1.29 is 0 Å². The Balaban J connectivity index is 2.54. The predicted molar refractivity (Wildman–Crippen MR) is 76.7 cm³/mol. The second-order valence-corrected chi connectivity index (χ2v) is 5.94. The molecular weight excluding hydrogens is 309 g/mol. The smallest absolute Gasteiger partial charge is 0.0719 e. The highest BCUT2D eigenvalue weighted by Gasteiger charge is 2.06. The molecule has 0 saturated carbocycles. The molecule has 0 amide bonds. The van der Waals surface area contributed by atoms with E-state index in [-0.39, 0.29) is 0 Å². The molecule has 0 aliphatic rings. The van der Waals surface area contributed by atoms with Gasteiger partial charge in [0.15, 0.2) is 0 Å². The van der Waals surface area contributed by atoms with Crippen LogP contribution in [0, 0.1) is 5.92 Å². The summed E-state index contributed by atoms with van der Waals surface area (Å²) in [5.74, 6) is 0.734. The summed E-state index contributed by atoms with van der Waals surface area (Å²) in [5, 5.41) is 4.59. The molecule has 0 atom stereocenters. The molecule has 4 heteroatoms. The third-order valence-corrected chi connectivity index (χ3v) is 3.32. The van der Waals surface area contributed by atoms with Crippen molar-refractivity contribution >= 4 is 44.8 Å². The number of benzene rings is 1. The van der Waals surface area contributed by atoms with Gasteiger partial charge in [-0.25, -0.2) is 0 Å².